The molecule has 2 aliphatic heterocycles. The van der Waals surface area contributed by atoms with Crippen LogP contribution in [-0.4, -0.2) is 82.2 Å². The second-order valence-electron chi connectivity index (χ2n) is 12.7. The van der Waals surface area contributed by atoms with Crippen molar-refractivity contribution in [3.63, 3.8) is 0 Å². The van der Waals surface area contributed by atoms with Crippen molar-refractivity contribution in [1.82, 2.24) is 4.90 Å². The molecular weight excluding hydrogens is 639 g/mol. The van der Waals surface area contributed by atoms with Gasteiger partial charge in [-0.05, 0) is 51.0 Å². The van der Waals surface area contributed by atoms with Crippen molar-refractivity contribution in [3.05, 3.63) is 70.9 Å². The van der Waals surface area contributed by atoms with Crippen LogP contribution >= 0.6 is 11.3 Å². The predicted molar refractivity (Wildman–Crippen MR) is 200 cm³/mol. The van der Waals surface area contributed by atoms with E-state index in [-0.39, 0.29) is 23.5 Å². The summed E-state index contributed by atoms with van der Waals surface area (Å²) in [5.41, 5.74) is 3.22. The Morgan fingerprint density at radius 3 is 2.41 bits per heavy atom. The van der Waals surface area contributed by atoms with Crippen LogP contribution in [0.3, 0.4) is 0 Å². The van der Waals surface area contributed by atoms with Crippen molar-refractivity contribution < 1.29 is 23.4 Å². The second kappa shape index (κ2) is 16.3. The van der Waals surface area contributed by atoms with E-state index in [1.165, 1.54) is 0 Å². The summed E-state index contributed by atoms with van der Waals surface area (Å²) in [6.07, 6.45) is 2.40. The van der Waals surface area contributed by atoms with E-state index < -0.39 is 0 Å². The Hall–Kier alpha value is -3.80. The molecule has 0 spiro atoms. The fraction of sp³-hybridized carbons (Fsp3) is 0.436. The van der Waals surface area contributed by atoms with E-state index in [1.54, 1.807) is 17.4 Å². The first kappa shape index (κ1) is 35.0. The molecule has 4 heterocycles. The summed E-state index contributed by atoms with van der Waals surface area (Å²) in [6.45, 7) is 14.8. The number of carbonyl (C=O) groups excluding carboxylic acids is 1. The minimum absolute atomic E-state index is 0.0227. The van der Waals surface area contributed by atoms with Crippen LogP contribution in [0.1, 0.15) is 40.5 Å². The Kier molecular flexibility index (Phi) is 11.6. The Morgan fingerprint density at radius 1 is 0.939 bits per heavy atom. The number of thiophene rings is 1. The molecule has 0 radical (unpaired) electrons. The molecule has 5 aromatic rings. The summed E-state index contributed by atoms with van der Waals surface area (Å²) in [5.74, 6) is 0.554. The third-order valence-electron chi connectivity index (χ3n) is 9.02. The molecule has 0 bridgehead atoms. The molecular formula is C39H47N3O6S. The summed E-state index contributed by atoms with van der Waals surface area (Å²) < 4.78 is 24.9. The lowest BCUT2D eigenvalue weighted by Gasteiger charge is -2.34. The van der Waals surface area contributed by atoms with E-state index in [0.29, 0.717) is 49.8 Å². The SMILES string of the molecule is CC1CN([C@@H](C)C(=O)Nc2ccc3sc4c(-c5cccc6c(=O)cc(N7CCOCC7)oc56)cccc4c3c2)CCO1.CCCOCCC. The molecule has 9 nitrogen and oxygen atoms in total. The highest BCUT2D eigenvalue weighted by atomic mass is 32.1. The number of fused-ring (bicyclic) bond motifs is 4. The maximum absolute atomic E-state index is 13.2. The van der Waals surface area contributed by atoms with Gasteiger partial charge in [0.05, 0.1) is 37.4 Å². The monoisotopic (exact) mass is 685 g/mol. The number of hydrogen-bond acceptors (Lipinski definition) is 9. The van der Waals surface area contributed by atoms with Gasteiger partial charge in [-0.25, -0.2) is 0 Å². The van der Waals surface area contributed by atoms with Gasteiger partial charge in [-0.1, -0.05) is 44.2 Å². The smallest absolute Gasteiger partial charge is 0.241 e. The van der Waals surface area contributed by atoms with E-state index >= 15 is 0 Å². The molecule has 49 heavy (non-hydrogen) atoms. The second-order valence-corrected chi connectivity index (χ2v) is 13.7. The van der Waals surface area contributed by atoms with Crippen LogP contribution in [0.25, 0.3) is 42.3 Å². The zero-order valence-corrected chi connectivity index (χ0v) is 29.8. The molecule has 10 heteroatoms. The van der Waals surface area contributed by atoms with Crippen LogP contribution in [0, 0.1) is 0 Å². The molecule has 0 saturated carbocycles. The van der Waals surface area contributed by atoms with Gasteiger partial charge in [0.2, 0.25) is 5.91 Å². The lowest BCUT2D eigenvalue weighted by atomic mass is 10.0. The molecule has 2 aromatic heterocycles. The van der Waals surface area contributed by atoms with Gasteiger partial charge in [0.25, 0.3) is 0 Å². The Labute approximate surface area is 291 Å². The molecule has 2 fully saturated rings. The van der Waals surface area contributed by atoms with Crippen molar-refractivity contribution >= 4 is 60.0 Å². The molecule has 3 aromatic carbocycles. The third kappa shape index (κ3) is 8.00. The molecule has 1 amide bonds. The van der Waals surface area contributed by atoms with E-state index in [9.17, 15) is 9.59 Å². The fourth-order valence-corrected chi connectivity index (χ4v) is 7.62. The summed E-state index contributed by atoms with van der Waals surface area (Å²) in [7, 11) is 0. The number of amides is 1. The number of rotatable bonds is 9. The number of ether oxygens (including phenoxy) is 3. The van der Waals surface area contributed by atoms with E-state index in [2.05, 4.69) is 53.2 Å². The van der Waals surface area contributed by atoms with Crippen LogP contribution < -0.4 is 15.6 Å². The zero-order valence-electron chi connectivity index (χ0n) is 29.0. The number of benzene rings is 3. The average molecular weight is 686 g/mol. The number of carbonyl (C=O) groups is 1. The molecule has 1 N–H and O–H groups in total. The van der Waals surface area contributed by atoms with Gasteiger partial charge in [-0.3, -0.25) is 14.5 Å². The predicted octanol–water partition coefficient (Wildman–Crippen LogP) is 7.54. The highest BCUT2D eigenvalue weighted by Gasteiger charge is 2.26. The van der Waals surface area contributed by atoms with E-state index in [1.807, 2.05) is 44.2 Å². The van der Waals surface area contributed by atoms with Crippen LogP contribution in [0.15, 0.2) is 69.9 Å². The molecule has 7 rings (SSSR count). The first-order valence-electron chi connectivity index (χ1n) is 17.5. The highest BCUT2D eigenvalue weighted by Crippen LogP contribution is 2.42. The minimum Gasteiger partial charge on any atom is -0.440 e. The van der Waals surface area contributed by atoms with Crippen molar-refractivity contribution in [3.8, 4) is 11.1 Å². The standard InChI is InChI=1S/C33H33N3O5S.C6H14O/c1-20-19-36(13-16-40-20)21(2)33(38)34-22-9-10-29-27(17-22)25-7-4-6-24(32(25)42-29)23-5-3-8-26-28(37)18-30(41-31(23)26)35-11-14-39-15-12-35;1-3-5-7-6-4-2/h3-10,17-18,20-21H,11-16,19H2,1-2H3,(H,34,38);3-6H2,1-2H3/t20?,21-;/m0./s1. The van der Waals surface area contributed by atoms with Gasteiger partial charge in [-0.2, -0.15) is 0 Å². The van der Waals surface area contributed by atoms with E-state index in [4.69, 9.17) is 18.6 Å². The topological polar surface area (TPSA) is 93.5 Å². The molecule has 0 aliphatic carbocycles. The number of nitrogens with zero attached hydrogens (tertiary/aromatic N) is 2. The number of anilines is 2. The first-order valence-corrected chi connectivity index (χ1v) is 18.3. The van der Waals surface area contributed by atoms with E-state index in [0.717, 1.165) is 76.1 Å². The van der Waals surface area contributed by atoms with Crippen LogP contribution in [0.4, 0.5) is 11.6 Å². The number of morpholine rings is 2. The van der Waals surface area contributed by atoms with Crippen molar-refractivity contribution in [2.24, 2.45) is 0 Å². The Bertz CT molecular complexity index is 1940. The molecule has 1 unspecified atom stereocenters. The van der Waals surface area contributed by atoms with Crippen LogP contribution in [0.5, 0.6) is 0 Å². The van der Waals surface area contributed by atoms with Crippen molar-refractivity contribution in [1.29, 1.82) is 0 Å². The number of para-hydroxylation sites is 1. The minimum atomic E-state index is -0.249. The summed E-state index contributed by atoms with van der Waals surface area (Å²) in [4.78, 5) is 30.5. The molecule has 2 aliphatic rings. The fourth-order valence-electron chi connectivity index (χ4n) is 6.41. The summed E-state index contributed by atoms with van der Waals surface area (Å²) in [6, 6.07) is 19.4. The largest absolute Gasteiger partial charge is 0.440 e. The Balaban J connectivity index is 0.000000540. The summed E-state index contributed by atoms with van der Waals surface area (Å²) in [5, 5.41) is 5.88. The number of nitrogens with one attached hydrogen (secondary N) is 1. The lowest BCUT2D eigenvalue weighted by molar-refractivity contribution is -0.123. The van der Waals surface area contributed by atoms with Gasteiger partial charge in [0, 0.05) is 82.4 Å². The Morgan fingerprint density at radius 2 is 1.67 bits per heavy atom. The molecule has 2 atom stereocenters. The quantitative estimate of drug-likeness (QED) is 0.159. The van der Waals surface area contributed by atoms with Gasteiger partial charge in [0.15, 0.2) is 11.3 Å². The average Bonchev–Trinajstić information content (AvgIpc) is 3.50. The lowest BCUT2D eigenvalue weighted by Crippen LogP contribution is -2.50. The van der Waals surface area contributed by atoms with Crippen LogP contribution in [-0.2, 0) is 19.0 Å². The highest BCUT2D eigenvalue weighted by molar-refractivity contribution is 7.26. The van der Waals surface area contributed by atoms with Gasteiger partial charge in [-0.15, -0.1) is 11.3 Å². The molecule has 2 saturated heterocycles. The maximum atomic E-state index is 13.2. The first-order chi connectivity index (χ1) is 23.9. The number of hydrogen-bond donors (Lipinski definition) is 1. The molecule has 260 valence electrons. The normalized spacial score (nSPS) is 17.6. The van der Waals surface area contributed by atoms with Gasteiger partial charge in [0.1, 0.15) is 5.58 Å². The van der Waals surface area contributed by atoms with Gasteiger partial charge >= 0.3 is 0 Å². The van der Waals surface area contributed by atoms with Crippen LogP contribution in [0.2, 0.25) is 0 Å². The maximum Gasteiger partial charge on any atom is 0.241 e. The van der Waals surface area contributed by atoms with Crippen molar-refractivity contribution in [2.45, 2.75) is 52.7 Å². The van der Waals surface area contributed by atoms with Crippen molar-refractivity contribution in [2.75, 3.05) is 69.4 Å². The third-order valence-corrected chi connectivity index (χ3v) is 10.2. The summed E-state index contributed by atoms with van der Waals surface area (Å²) >= 11 is 1.70. The zero-order chi connectivity index (χ0) is 34.3. The van der Waals surface area contributed by atoms with Gasteiger partial charge < -0.3 is 28.8 Å².